The molecule has 0 aliphatic rings. The molecule has 0 atom stereocenters. The van der Waals surface area contributed by atoms with E-state index in [1.165, 1.54) is 0 Å². The number of rotatable bonds is 3. The van der Waals surface area contributed by atoms with Crippen LogP contribution >= 0.6 is 0 Å². The third kappa shape index (κ3) is 12.0. The Morgan fingerprint density at radius 3 is 2.11 bits per heavy atom. The number of nitrogens with one attached hydrogen (secondary N) is 1. The summed E-state index contributed by atoms with van der Waals surface area (Å²) in [6.45, 7) is 0.291. The van der Waals surface area contributed by atoms with Crippen LogP contribution in [-0.4, -0.2) is 55.4 Å². The maximum Gasteiger partial charge on any atom is 2.00 e. The Bertz CT molecular complexity index is 143. The van der Waals surface area contributed by atoms with Crippen molar-refractivity contribution >= 4 is 33.2 Å². The predicted molar refractivity (Wildman–Crippen MR) is 36.1 cm³/mol. The topological polar surface area (TPSA) is 66.4 Å². The van der Waals surface area contributed by atoms with E-state index in [-0.39, 0.29) is 28.8 Å². The van der Waals surface area contributed by atoms with Crippen molar-refractivity contribution in [2.45, 2.75) is 0 Å². The Hall–Kier alpha value is 0.636. The van der Waals surface area contributed by atoms with E-state index in [1.54, 1.807) is 7.05 Å². The summed E-state index contributed by atoms with van der Waals surface area (Å²) < 4.78 is 27.9. The van der Waals surface area contributed by atoms with E-state index >= 15 is 0 Å². The Balaban J connectivity index is 0. The van der Waals surface area contributed by atoms with Gasteiger partial charge in [0.25, 0.3) is 10.1 Å². The second kappa shape index (κ2) is 5.42. The van der Waals surface area contributed by atoms with Crippen molar-refractivity contribution in [3.8, 4) is 0 Å². The van der Waals surface area contributed by atoms with Crippen molar-refractivity contribution in [1.29, 1.82) is 0 Å². The van der Waals surface area contributed by atoms with E-state index in [1.807, 2.05) is 0 Å². The van der Waals surface area contributed by atoms with Crippen molar-refractivity contribution < 1.29 is 13.0 Å². The molecule has 0 amide bonds. The van der Waals surface area contributed by atoms with Crippen molar-refractivity contribution in [3.63, 3.8) is 0 Å². The van der Waals surface area contributed by atoms with E-state index in [2.05, 4.69) is 5.32 Å². The molecule has 0 spiro atoms. The zero-order valence-electron chi connectivity index (χ0n) is 5.29. The Kier molecular flexibility index (Phi) is 7.43. The van der Waals surface area contributed by atoms with E-state index < -0.39 is 10.1 Å². The molecule has 4 nitrogen and oxygen atoms in total. The van der Waals surface area contributed by atoms with E-state index in [9.17, 15) is 8.42 Å². The fourth-order valence-corrected chi connectivity index (χ4v) is 0.693. The summed E-state index contributed by atoms with van der Waals surface area (Å²) >= 11 is 0. The summed E-state index contributed by atoms with van der Waals surface area (Å²) in [6, 6.07) is 0. The molecule has 6 heteroatoms. The van der Waals surface area contributed by atoms with Crippen molar-refractivity contribution in [2.24, 2.45) is 0 Å². The van der Waals surface area contributed by atoms with Crippen molar-refractivity contribution in [2.75, 3.05) is 19.3 Å². The van der Waals surface area contributed by atoms with Crippen LogP contribution in [0.1, 0.15) is 0 Å². The summed E-state index contributed by atoms with van der Waals surface area (Å²) in [5.74, 6) is -0.219. The minimum Gasteiger partial charge on any atom is -0.319 e. The molecule has 9 heavy (non-hydrogen) atoms. The van der Waals surface area contributed by atoms with E-state index in [4.69, 9.17) is 4.55 Å². The molecular formula is C3H9MgNO3S+2. The second-order valence-electron chi connectivity index (χ2n) is 1.39. The quantitative estimate of drug-likeness (QED) is 0.402. The first-order valence-electron chi connectivity index (χ1n) is 2.16. The SMILES string of the molecule is CNCCS(=O)(=O)O.[Mg+2]. The van der Waals surface area contributed by atoms with Crippen LogP contribution in [0.25, 0.3) is 0 Å². The van der Waals surface area contributed by atoms with Crippen LogP contribution in [-0.2, 0) is 10.1 Å². The summed E-state index contributed by atoms with van der Waals surface area (Å²) in [7, 11) is -2.13. The van der Waals surface area contributed by atoms with Crippen LogP contribution in [0.3, 0.4) is 0 Å². The van der Waals surface area contributed by atoms with Gasteiger partial charge >= 0.3 is 23.1 Å². The average Bonchev–Trinajstić information content (AvgIpc) is 1.59. The molecule has 0 saturated heterocycles. The molecular weight excluding hydrogens is 154 g/mol. The van der Waals surface area contributed by atoms with Gasteiger partial charge in [0.05, 0.1) is 5.75 Å². The van der Waals surface area contributed by atoms with Gasteiger partial charge in [0.1, 0.15) is 0 Å². The average molecular weight is 163 g/mol. The van der Waals surface area contributed by atoms with Crippen LogP contribution in [0.2, 0.25) is 0 Å². The molecule has 0 bridgehead atoms. The van der Waals surface area contributed by atoms with Gasteiger partial charge in [-0.2, -0.15) is 8.42 Å². The minimum atomic E-state index is -3.75. The monoisotopic (exact) mass is 163 g/mol. The summed E-state index contributed by atoms with van der Waals surface area (Å²) in [5.41, 5.74) is 0. The molecule has 0 heterocycles. The maximum atomic E-state index is 9.91. The summed E-state index contributed by atoms with van der Waals surface area (Å²) in [4.78, 5) is 0. The molecule has 0 aromatic carbocycles. The standard InChI is InChI=1S/C3H9NO3S.Mg/c1-4-2-3-8(5,6)7;/h4H,2-3H2,1H3,(H,5,6,7);/q;+2. The molecule has 2 N–H and O–H groups in total. The van der Waals surface area contributed by atoms with Crippen LogP contribution in [0.5, 0.6) is 0 Å². The molecule has 0 radical (unpaired) electrons. The van der Waals surface area contributed by atoms with Gasteiger partial charge in [-0.05, 0) is 7.05 Å². The third-order valence-corrected chi connectivity index (χ3v) is 1.33. The van der Waals surface area contributed by atoms with Crippen LogP contribution in [0.4, 0.5) is 0 Å². The Morgan fingerprint density at radius 2 is 2.00 bits per heavy atom. The molecule has 0 aromatic heterocycles. The molecule has 0 unspecified atom stereocenters. The van der Waals surface area contributed by atoms with Crippen LogP contribution in [0.15, 0.2) is 0 Å². The normalized spacial score (nSPS) is 10.4. The van der Waals surface area contributed by atoms with Crippen molar-refractivity contribution in [1.82, 2.24) is 5.32 Å². The Morgan fingerprint density at radius 1 is 1.56 bits per heavy atom. The van der Waals surface area contributed by atoms with E-state index in [0.717, 1.165) is 0 Å². The zero-order chi connectivity index (χ0) is 6.62. The van der Waals surface area contributed by atoms with Gasteiger partial charge in [0.2, 0.25) is 0 Å². The first-order chi connectivity index (χ1) is 3.56. The maximum absolute atomic E-state index is 9.91. The minimum absolute atomic E-state index is 0. The molecule has 50 valence electrons. The third-order valence-electron chi connectivity index (χ3n) is 0.610. The van der Waals surface area contributed by atoms with Gasteiger partial charge in [-0.25, -0.2) is 0 Å². The first kappa shape index (κ1) is 12.3. The predicted octanol–water partition coefficient (Wildman–Crippen LogP) is -1.29. The smallest absolute Gasteiger partial charge is 0.319 e. The number of hydrogen-bond acceptors (Lipinski definition) is 3. The Labute approximate surface area is 70.9 Å². The molecule has 0 fully saturated rings. The van der Waals surface area contributed by atoms with Gasteiger partial charge in [0.15, 0.2) is 0 Å². The van der Waals surface area contributed by atoms with Crippen molar-refractivity contribution in [3.05, 3.63) is 0 Å². The summed E-state index contributed by atoms with van der Waals surface area (Å²) in [5, 5.41) is 2.59. The van der Waals surface area contributed by atoms with Gasteiger partial charge in [0, 0.05) is 6.54 Å². The number of hydrogen-bond donors (Lipinski definition) is 2. The van der Waals surface area contributed by atoms with Gasteiger partial charge in [-0.15, -0.1) is 0 Å². The second-order valence-corrected chi connectivity index (χ2v) is 2.96. The zero-order valence-corrected chi connectivity index (χ0v) is 7.52. The molecule has 0 saturated carbocycles. The largest absolute Gasteiger partial charge is 2.00 e. The molecule has 0 aromatic rings. The van der Waals surface area contributed by atoms with Gasteiger partial charge < -0.3 is 5.32 Å². The molecule has 0 rings (SSSR count). The molecule has 0 aliphatic heterocycles. The fourth-order valence-electron chi connectivity index (χ4n) is 0.231. The first-order valence-corrected chi connectivity index (χ1v) is 3.77. The van der Waals surface area contributed by atoms with Crippen LogP contribution < -0.4 is 5.32 Å². The summed E-state index contributed by atoms with van der Waals surface area (Å²) in [6.07, 6.45) is 0. The van der Waals surface area contributed by atoms with E-state index in [0.29, 0.717) is 6.54 Å². The molecule has 0 aliphatic carbocycles. The van der Waals surface area contributed by atoms with Crippen LogP contribution in [0, 0.1) is 0 Å². The fraction of sp³-hybridized carbons (Fsp3) is 1.00. The van der Waals surface area contributed by atoms with Gasteiger partial charge in [-0.1, -0.05) is 0 Å². The van der Waals surface area contributed by atoms with Gasteiger partial charge in [-0.3, -0.25) is 4.55 Å².